The highest BCUT2D eigenvalue weighted by Crippen LogP contribution is 2.33. The molecule has 4 heteroatoms. The van der Waals surface area contributed by atoms with Crippen molar-refractivity contribution in [3.05, 3.63) is 47.8 Å². The summed E-state index contributed by atoms with van der Waals surface area (Å²) in [5, 5.41) is 6.71. The summed E-state index contributed by atoms with van der Waals surface area (Å²) in [4.78, 5) is 0. The molecule has 0 amide bonds. The van der Waals surface area contributed by atoms with Gasteiger partial charge in [0.25, 0.3) is 0 Å². The summed E-state index contributed by atoms with van der Waals surface area (Å²) in [5.74, 6) is 0.735. The fraction of sp³-hybridized carbons (Fsp3) is 0.176. The van der Waals surface area contributed by atoms with Crippen molar-refractivity contribution in [1.29, 1.82) is 0 Å². The molecular formula is C17H18N2OS. The van der Waals surface area contributed by atoms with Crippen LogP contribution >= 0.6 is 11.3 Å². The number of nitrogens with one attached hydrogen (secondary N) is 1. The van der Waals surface area contributed by atoms with Gasteiger partial charge in [0.15, 0.2) is 0 Å². The molecule has 1 heterocycles. The lowest BCUT2D eigenvalue weighted by molar-refractivity contribution is 0.319. The van der Waals surface area contributed by atoms with Gasteiger partial charge in [-0.15, -0.1) is 11.3 Å². The predicted octanol–water partition coefficient (Wildman–Crippen LogP) is 5.02. The number of nitrogen functional groups attached to an aromatic ring is 1. The Morgan fingerprint density at radius 2 is 2.10 bits per heavy atom. The second-order valence-electron chi connectivity index (χ2n) is 4.86. The van der Waals surface area contributed by atoms with Gasteiger partial charge in [0, 0.05) is 10.4 Å². The summed E-state index contributed by atoms with van der Waals surface area (Å²) in [5.41, 5.74) is 8.73. The highest BCUT2D eigenvalue weighted by Gasteiger charge is 2.06. The number of nitrogens with two attached hydrogens (primary N) is 1. The summed E-state index contributed by atoms with van der Waals surface area (Å²) >= 11 is 1.74. The number of benzene rings is 2. The summed E-state index contributed by atoms with van der Waals surface area (Å²) in [6.07, 6.45) is 0.964. The molecular weight excluding hydrogens is 280 g/mol. The Kier molecular flexibility index (Phi) is 3.97. The molecule has 1 aromatic heterocycles. The molecule has 0 bridgehead atoms. The molecule has 3 nitrogen and oxygen atoms in total. The SMILES string of the molecule is CCCOc1cccc(Nc2ccc3sccc3c2)c1N. The average molecular weight is 298 g/mol. The first kappa shape index (κ1) is 13.8. The molecule has 3 N–H and O–H groups in total. The van der Waals surface area contributed by atoms with Gasteiger partial charge < -0.3 is 15.8 Å². The first-order chi connectivity index (χ1) is 10.3. The summed E-state index contributed by atoms with van der Waals surface area (Å²) in [7, 11) is 0. The minimum absolute atomic E-state index is 0.649. The highest BCUT2D eigenvalue weighted by atomic mass is 32.1. The maximum Gasteiger partial charge on any atom is 0.144 e. The van der Waals surface area contributed by atoms with Crippen LogP contribution in [-0.4, -0.2) is 6.61 Å². The Hall–Kier alpha value is -2.20. The molecule has 0 saturated carbocycles. The fourth-order valence-electron chi connectivity index (χ4n) is 2.19. The smallest absolute Gasteiger partial charge is 0.144 e. The third-order valence-electron chi connectivity index (χ3n) is 3.26. The number of ether oxygens (including phenoxy) is 1. The Labute approximate surface area is 128 Å². The normalized spacial score (nSPS) is 10.7. The quantitative estimate of drug-likeness (QED) is 0.650. The molecule has 0 fully saturated rings. The molecule has 0 aliphatic heterocycles. The van der Waals surface area contributed by atoms with E-state index in [4.69, 9.17) is 10.5 Å². The van der Waals surface area contributed by atoms with Crippen molar-refractivity contribution >= 4 is 38.5 Å². The topological polar surface area (TPSA) is 47.3 Å². The Bertz CT molecular complexity index is 751. The van der Waals surface area contributed by atoms with E-state index in [2.05, 4.69) is 41.9 Å². The van der Waals surface area contributed by atoms with Crippen molar-refractivity contribution in [3.8, 4) is 5.75 Å². The van der Waals surface area contributed by atoms with Crippen LogP contribution in [0.15, 0.2) is 47.8 Å². The average Bonchev–Trinajstić information content (AvgIpc) is 2.96. The zero-order valence-corrected chi connectivity index (χ0v) is 12.7. The fourth-order valence-corrected chi connectivity index (χ4v) is 2.96. The standard InChI is InChI=1S/C17H18N2OS/c1-2-9-20-15-5-3-4-14(17(15)18)19-13-6-7-16-12(11-13)8-10-21-16/h3-8,10-11,19H,2,9,18H2,1H3. The Morgan fingerprint density at radius 1 is 1.19 bits per heavy atom. The zero-order valence-electron chi connectivity index (χ0n) is 11.9. The van der Waals surface area contributed by atoms with Crippen LogP contribution in [0.4, 0.5) is 17.1 Å². The second kappa shape index (κ2) is 6.06. The molecule has 2 aromatic carbocycles. The van der Waals surface area contributed by atoms with Crippen molar-refractivity contribution in [1.82, 2.24) is 0 Å². The molecule has 0 aliphatic carbocycles. The molecule has 3 aromatic rings. The van der Waals surface area contributed by atoms with Crippen LogP contribution < -0.4 is 15.8 Å². The van der Waals surface area contributed by atoms with Crippen LogP contribution in [0.1, 0.15) is 13.3 Å². The largest absolute Gasteiger partial charge is 0.491 e. The number of para-hydroxylation sites is 1. The molecule has 0 atom stereocenters. The summed E-state index contributed by atoms with van der Waals surface area (Å²) < 4.78 is 6.94. The number of hydrogen-bond donors (Lipinski definition) is 2. The molecule has 21 heavy (non-hydrogen) atoms. The zero-order chi connectivity index (χ0) is 14.7. The number of thiophene rings is 1. The third kappa shape index (κ3) is 2.95. The predicted molar refractivity (Wildman–Crippen MR) is 91.7 cm³/mol. The van der Waals surface area contributed by atoms with E-state index >= 15 is 0 Å². The minimum atomic E-state index is 0.649. The van der Waals surface area contributed by atoms with Gasteiger partial charge in [-0.3, -0.25) is 0 Å². The minimum Gasteiger partial charge on any atom is -0.491 e. The molecule has 0 radical (unpaired) electrons. The molecule has 0 unspecified atom stereocenters. The van der Waals surface area contributed by atoms with E-state index in [-0.39, 0.29) is 0 Å². The van der Waals surface area contributed by atoms with Gasteiger partial charge in [-0.05, 0) is 53.6 Å². The maximum absolute atomic E-state index is 6.18. The van der Waals surface area contributed by atoms with Crippen LogP contribution in [0, 0.1) is 0 Å². The van der Waals surface area contributed by atoms with Crippen molar-refractivity contribution in [3.63, 3.8) is 0 Å². The number of fused-ring (bicyclic) bond motifs is 1. The van der Waals surface area contributed by atoms with Crippen LogP contribution in [-0.2, 0) is 0 Å². The van der Waals surface area contributed by atoms with Gasteiger partial charge in [-0.25, -0.2) is 0 Å². The van der Waals surface area contributed by atoms with Gasteiger partial charge in [0.1, 0.15) is 5.75 Å². The number of anilines is 3. The Balaban J connectivity index is 1.86. The molecule has 3 rings (SSSR count). The van der Waals surface area contributed by atoms with Crippen LogP contribution in [0.5, 0.6) is 5.75 Å². The van der Waals surface area contributed by atoms with E-state index in [1.54, 1.807) is 11.3 Å². The first-order valence-corrected chi connectivity index (χ1v) is 7.91. The van der Waals surface area contributed by atoms with Crippen LogP contribution in [0.25, 0.3) is 10.1 Å². The van der Waals surface area contributed by atoms with E-state index in [9.17, 15) is 0 Å². The highest BCUT2D eigenvalue weighted by molar-refractivity contribution is 7.17. The van der Waals surface area contributed by atoms with E-state index in [0.29, 0.717) is 12.3 Å². The molecule has 0 aliphatic rings. The van der Waals surface area contributed by atoms with Crippen molar-refractivity contribution in [2.75, 3.05) is 17.7 Å². The van der Waals surface area contributed by atoms with E-state index in [1.165, 1.54) is 10.1 Å². The maximum atomic E-state index is 6.18. The van der Waals surface area contributed by atoms with Crippen molar-refractivity contribution in [2.24, 2.45) is 0 Å². The van der Waals surface area contributed by atoms with Crippen molar-refractivity contribution in [2.45, 2.75) is 13.3 Å². The van der Waals surface area contributed by atoms with Crippen LogP contribution in [0.3, 0.4) is 0 Å². The number of hydrogen-bond acceptors (Lipinski definition) is 4. The van der Waals surface area contributed by atoms with Gasteiger partial charge in [-0.1, -0.05) is 13.0 Å². The van der Waals surface area contributed by atoms with E-state index in [0.717, 1.165) is 23.5 Å². The molecule has 0 saturated heterocycles. The van der Waals surface area contributed by atoms with Crippen LogP contribution in [0.2, 0.25) is 0 Å². The monoisotopic (exact) mass is 298 g/mol. The summed E-state index contributed by atoms with van der Waals surface area (Å²) in [6.45, 7) is 2.75. The van der Waals surface area contributed by atoms with Gasteiger partial charge >= 0.3 is 0 Å². The van der Waals surface area contributed by atoms with E-state index < -0.39 is 0 Å². The van der Waals surface area contributed by atoms with Gasteiger partial charge in [0.2, 0.25) is 0 Å². The molecule has 0 spiro atoms. The second-order valence-corrected chi connectivity index (χ2v) is 5.81. The lowest BCUT2D eigenvalue weighted by Gasteiger charge is -2.13. The number of rotatable bonds is 5. The summed E-state index contributed by atoms with van der Waals surface area (Å²) in [6, 6.07) is 14.3. The first-order valence-electron chi connectivity index (χ1n) is 7.03. The lowest BCUT2D eigenvalue weighted by Crippen LogP contribution is -2.02. The molecule has 108 valence electrons. The van der Waals surface area contributed by atoms with E-state index in [1.807, 2.05) is 18.2 Å². The Morgan fingerprint density at radius 3 is 2.95 bits per heavy atom. The van der Waals surface area contributed by atoms with Gasteiger partial charge in [-0.2, -0.15) is 0 Å². The third-order valence-corrected chi connectivity index (χ3v) is 4.16. The van der Waals surface area contributed by atoms with Crippen molar-refractivity contribution < 1.29 is 4.74 Å². The van der Waals surface area contributed by atoms with Gasteiger partial charge in [0.05, 0.1) is 18.0 Å². The lowest BCUT2D eigenvalue weighted by atomic mass is 10.2.